The minimum atomic E-state index is -0.538. The number of rotatable bonds is 5. The lowest BCUT2D eigenvalue weighted by Gasteiger charge is -2.30. The van der Waals surface area contributed by atoms with E-state index in [1.165, 1.54) is 18.2 Å². The quantitative estimate of drug-likeness (QED) is 0.417. The van der Waals surface area contributed by atoms with Crippen LogP contribution in [0.15, 0.2) is 71.5 Å². The number of hydrogen-bond donors (Lipinski definition) is 0. The Labute approximate surface area is 192 Å². The number of halogens is 1. The molecule has 0 saturated heterocycles. The maximum atomic E-state index is 13.8. The van der Waals surface area contributed by atoms with Crippen LogP contribution < -0.4 is 5.56 Å². The van der Waals surface area contributed by atoms with Crippen LogP contribution in [0.1, 0.15) is 47.2 Å². The minimum absolute atomic E-state index is 0.191. The van der Waals surface area contributed by atoms with E-state index in [1.807, 2.05) is 58.0 Å². The topological polar surface area (TPSA) is 55.2 Å². The zero-order valence-electron chi connectivity index (χ0n) is 19.2. The highest BCUT2D eigenvalue weighted by Crippen LogP contribution is 2.26. The first-order chi connectivity index (χ1) is 15.8. The van der Waals surface area contributed by atoms with Crippen LogP contribution in [-0.4, -0.2) is 26.9 Å². The van der Waals surface area contributed by atoms with Crippen molar-refractivity contribution in [2.75, 3.05) is 6.54 Å². The molecule has 0 aliphatic rings. The average Bonchev–Trinajstić information content (AvgIpc) is 2.80. The Balaban J connectivity index is 1.93. The highest BCUT2D eigenvalue weighted by atomic mass is 19.1. The van der Waals surface area contributed by atoms with Gasteiger partial charge in [-0.3, -0.25) is 14.2 Å². The van der Waals surface area contributed by atoms with E-state index < -0.39 is 11.9 Å². The fourth-order valence-corrected chi connectivity index (χ4v) is 4.24. The van der Waals surface area contributed by atoms with Crippen molar-refractivity contribution in [3.8, 4) is 5.69 Å². The van der Waals surface area contributed by atoms with Gasteiger partial charge in [0.2, 0.25) is 0 Å². The molecule has 1 heterocycles. The first-order valence-electron chi connectivity index (χ1n) is 11.0. The van der Waals surface area contributed by atoms with E-state index in [9.17, 15) is 14.0 Å². The summed E-state index contributed by atoms with van der Waals surface area (Å²) in [4.78, 5) is 33.4. The summed E-state index contributed by atoms with van der Waals surface area (Å²) in [6, 6.07) is 18.2. The molecule has 0 aliphatic heterocycles. The lowest BCUT2D eigenvalue weighted by molar-refractivity contribution is 0.0692. The van der Waals surface area contributed by atoms with Gasteiger partial charge in [0.25, 0.3) is 11.5 Å². The Kier molecular flexibility index (Phi) is 6.09. The summed E-state index contributed by atoms with van der Waals surface area (Å²) in [6.07, 6.45) is 0. The molecule has 1 aromatic heterocycles. The number of hydrogen-bond acceptors (Lipinski definition) is 3. The third kappa shape index (κ3) is 4.16. The molecular weight excluding hydrogens is 417 g/mol. The molecule has 0 radical (unpaired) electrons. The molecule has 33 heavy (non-hydrogen) atoms. The van der Waals surface area contributed by atoms with Crippen LogP contribution in [0.2, 0.25) is 0 Å². The number of benzene rings is 3. The zero-order chi connectivity index (χ0) is 23.7. The lowest BCUT2D eigenvalue weighted by atomic mass is 10.1. The maximum absolute atomic E-state index is 13.8. The van der Waals surface area contributed by atoms with Crippen molar-refractivity contribution in [1.29, 1.82) is 0 Å². The molecule has 1 unspecified atom stereocenters. The first-order valence-corrected chi connectivity index (χ1v) is 11.0. The number of carbonyl (C=O) groups excluding carboxylic acids is 1. The number of amides is 1. The molecule has 1 atom stereocenters. The number of carbonyl (C=O) groups is 1. The molecular formula is C27H26FN3O2. The zero-order valence-corrected chi connectivity index (χ0v) is 19.2. The van der Waals surface area contributed by atoms with E-state index in [-0.39, 0.29) is 17.0 Å². The van der Waals surface area contributed by atoms with Gasteiger partial charge in [0.05, 0.1) is 22.6 Å². The maximum Gasteiger partial charge on any atom is 0.266 e. The number of aryl methyl sites for hydroxylation is 2. The van der Waals surface area contributed by atoms with E-state index in [0.29, 0.717) is 23.3 Å². The van der Waals surface area contributed by atoms with Gasteiger partial charge < -0.3 is 4.90 Å². The van der Waals surface area contributed by atoms with Crippen LogP contribution in [0.3, 0.4) is 0 Å². The highest BCUT2D eigenvalue weighted by Gasteiger charge is 2.27. The predicted octanol–water partition coefficient (Wildman–Crippen LogP) is 5.36. The predicted molar refractivity (Wildman–Crippen MR) is 128 cm³/mol. The molecule has 168 valence electrons. The van der Waals surface area contributed by atoms with Crippen LogP contribution in [0.5, 0.6) is 0 Å². The van der Waals surface area contributed by atoms with E-state index in [1.54, 1.807) is 27.7 Å². The second kappa shape index (κ2) is 8.98. The normalized spacial score (nSPS) is 12.0. The fourth-order valence-electron chi connectivity index (χ4n) is 4.24. The molecule has 5 nitrogen and oxygen atoms in total. The van der Waals surface area contributed by atoms with Gasteiger partial charge in [0, 0.05) is 12.1 Å². The van der Waals surface area contributed by atoms with Gasteiger partial charge in [-0.1, -0.05) is 35.9 Å². The van der Waals surface area contributed by atoms with Gasteiger partial charge in [-0.25, -0.2) is 9.37 Å². The van der Waals surface area contributed by atoms with Crippen molar-refractivity contribution in [2.45, 2.75) is 33.7 Å². The van der Waals surface area contributed by atoms with Crippen molar-refractivity contribution in [3.63, 3.8) is 0 Å². The number of para-hydroxylation sites is 1. The monoisotopic (exact) mass is 443 g/mol. The smallest absolute Gasteiger partial charge is 0.266 e. The molecule has 0 saturated carbocycles. The van der Waals surface area contributed by atoms with Crippen molar-refractivity contribution < 1.29 is 9.18 Å². The first kappa shape index (κ1) is 22.4. The van der Waals surface area contributed by atoms with E-state index in [2.05, 4.69) is 0 Å². The van der Waals surface area contributed by atoms with Crippen molar-refractivity contribution >= 4 is 16.8 Å². The van der Waals surface area contributed by atoms with Crippen LogP contribution in [-0.2, 0) is 0 Å². The average molecular weight is 444 g/mol. The Hall–Kier alpha value is -3.80. The molecule has 6 heteroatoms. The molecule has 0 spiro atoms. The molecule has 3 aromatic carbocycles. The summed E-state index contributed by atoms with van der Waals surface area (Å²) >= 11 is 0. The van der Waals surface area contributed by atoms with Gasteiger partial charge in [-0.2, -0.15) is 0 Å². The fraction of sp³-hybridized carbons (Fsp3) is 0.222. The SMILES string of the molecule is CCN(C(=O)c1cccc(F)c1)C(C)c1nc2ccccc2c(=O)n1-c1ccc(C)cc1C. The molecule has 1 amide bonds. The summed E-state index contributed by atoms with van der Waals surface area (Å²) in [5.74, 6) is -0.336. The lowest BCUT2D eigenvalue weighted by Crippen LogP contribution is -2.37. The Morgan fingerprint density at radius 3 is 2.52 bits per heavy atom. The Morgan fingerprint density at radius 2 is 1.82 bits per heavy atom. The van der Waals surface area contributed by atoms with Gasteiger partial charge in [-0.05, 0) is 69.7 Å². The highest BCUT2D eigenvalue weighted by molar-refractivity contribution is 5.94. The Bertz CT molecular complexity index is 1410. The number of nitrogens with zero attached hydrogens (tertiary/aromatic N) is 3. The second-order valence-corrected chi connectivity index (χ2v) is 8.20. The van der Waals surface area contributed by atoms with Crippen molar-refractivity contribution in [2.24, 2.45) is 0 Å². The van der Waals surface area contributed by atoms with E-state index in [4.69, 9.17) is 4.98 Å². The molecule has 0 N–H and O–H groups in total. The van der Waals surface area contributed by atoms with Crippen LogP contribution in [0, 0.1) is 19.7 Å². The number of aromatic nitrogens is 2. The van der Waals surface area contributed by atoms with Gasteiger partial charge in [0.15, 0.2) is 0 Å². The van der Waals surface area contributed by atoms with Crippen molar-refractivity contribution in [1.82, 2.24) is 14.5 Å². The summed E-state index contributed by atoms with van der Waals surface area (Å²) in [7, 11) is 0. The van der Waals surface area contributed by atoms with Crippen LogP contribution in [0.4, 0.5) is 4.39 Å². The molecule has 0 bridgehead atoms. The molecule has 4 rings (SSSR count). The third-order valence-electron chi connectivity index (χ3n) is 5.91. The van der Waals surface area contributed by atoms with Gasteiger partial charge in [0.1, 0.15) is 11.6 Å². The van der Waals surface area contributed by atoms with Crippen LogP contribution >= 0.6 is 0 Å². The van der Waals surface area contributed by atoms with E-state index in [0.717, 1.165) is 16.8 Å². The second-order valence-electron chi connectivity index (χ2n) is 8.20. The van der Waals surface area contributed by atoms with Gasteiger partial charge in [-0.15, -0.1) is 0 Å². The molecule has 0 fully saturated rings. The molecule has 0 aliphatic carbocycles. The standard InChI is InChI=1S/C27H26FN3O2/c1-5-30(26(32)20-9-8-10-21(28)16-20)19(4)25-29-23-12-7-6-11-22(23)27(33)31(25)24-14-13-17(2)15-18(24)3/h6-16,19H,5H2,1-4H3. The summed E-state index contributed by atoms with van der Waals surface area (Å²) in [5, 5.41) is 0.507. The van der Waals surface area contributed by atoms with Crippen molar-refractivity contribution in [3.05, 3.63) is 105 Å². The third-order valence-corrected chi connectivity index (χ3v) is 5.91. The van der Waals surface area contributed by atoms with Gasteiger partial charge >= 0.3 is 0 Å². The minimum Gasteiger partial charge on any atom is -0.329 e. The largest absolute Gasteiger partial charge is 0.329 e. The van der Waals surface area contributed by atoms with Crippen LogP contribution in [0.25, 0.3) is 16.6 Å². The Morgan fingerprint density at radius 1 is 1.06 bits per heavy atom. The summed E-state index contributed by atoms with van der Waals surface area (Å²) < 4.78 is 15.4. The summed E-state index contributed by atoms with van der Waals surface area (Å²) in [6.45, 7) is 8.02. The number of fused-ring (bicyclic) bond motifs is 1. The summed E-state index contributed by atoms with van der Waals surface area (Å²) in [5.41, 5.74) is 3.37. The van der Waals surface area contributed by atoms with E-state index >= 15 is 0 Å². The molecule has 4 aromatic rings.